The maximum absolute atomic E-state index is 5.80. The van der Waals surface area contributed by atoms with Crippen molar-refractivity contribution in [3.05, 3.63) is 34.9 Å². The molecule has 3 nitrogen and oxygen atoms in total. The molecule has 0 aliphatic carbocycles. The summed E-state index contributed by atoms with van der Waals surface area (Å²) in [5.41, 5.74) is 3.99. The number of hydrogen-bond donors (Lipinski definition) is 1. The SMILES string of the molecule is Cc1ccc(C)c(C(C)NCC2COC(C)(C)O2)c1. The standard InChI is InChI=1S/C16H25NO2/c1-11-6-7-12(2)15(8-11)13(3)17-9-14-10-18-16(4,5)19-14/h6-8,13-14,17H,9-10H2,1-5H3. The third kappa shape index (κ3) is 3.78. The molecule has 1 aromatic carbocycles. The fourth-order valence-electron chi connectivity index (χ4n) is 2.51. The van der Waals surface area contributed by atoms with E-state index in [1.807, 2.05) is 13.8 Å². The van der Waals surface area contributed by atoms with E-state index in [0.29, 0.717) is 12.6 Å². The lowest BCUT2D eigenvalue weighted by molar-refractivity contribution is -0.137. The first-order chi connectivity index (χ1) is 8.87. The van der Waals surface area contributed by atoms with Gasteiger partial charge in [0.05, 0.1) is 12.7 Å². The van der Waals surface area contributed by atoms with Crippen molar-refractivity contribution in [2.75, 3.05) is 13.2 Å². The third-order valence-electron chi connectivity index (χ3n) is 3.62. The van der Waals surface area contributed by atoms with E-state index >= 15 is 0 Å². The van der Waals surface area contributed by atoms with Crippen molar-refractivity contribution in [3.63, 3.8) is 0 Å². The minimum absolute atomic E-state index is 0.141. The van der Waals surface area contributed by atoms with Gasteiger partial charge in [0.1, 0.15) is 0 Å². The zero-order chi connectivity index (χ0) is 14.0. The number of aryl methyl sites for hydroxylation is 2. The Hall–Kier alpha value is -0.900. The largest absolute Gasteiger partial charge is 0.348 e. The molecule has 19 heavy (non-hydrogen) atoms. The average Bonchev–Trinajstić information content (AvgIpc) is 2.69. The number of rotatable bonds is 4. The van der Waals surface area contributed by atoms with Crippen LogP contribution in [0.15, 0.2) is 18.2 Å². The molecule has 1 saturated heterocycles. The van der Waals surface area contributed by atoms with Crippen LogP contribution in [-0.2, 0) is 9.47 Å². The molecule has 0 bridgehead atoms. The molecule has 1 aliphatic heterocycles. The Balaban J connectivity index is 1.91. The van der Waals surface area contributed by atoms with Gasteiger partial charge in [-0.3, -0.25) is 0 Å². The van der Waals surface area contributed by atoms with Crippen LogP contribution in [0.3, 0.4) is 0 Å². The minimum atomic E-state index is -0.436. The smallest absolute Gasteiger partial charge is 0.163 e. The van der Waals surface area contributed by atoms with E-state index < -0.39 is 5.79 Å². The van der Waals surface area contributed by atoms with E-state index in [1.54, 1.807) is 0 Å². The molecular weight excluding hydrogens is 238 g/mol. The molecule has 1 fully saturated rings. The van der Waals surface area contributed by atoms with E-state index in [9.17, 15) is 0 Å². The summed E-state index contributed by atoms with van der Waals surface area (Å²) in [7, 11) is 0. The summed E-state index contributed by atoms with van der Waals surface area (Å²) in [5.74, 6) is -0.436. The summed E-state index contributed by atoms with van der Waals surface area (Å²) in [5, 5.41) is 3.54. The van der Waals surface area contributed by atoms with E-state index in [4.69, 9.17) is 9.47 Å². The second-order valence-corrected chi connectivity index (χ2v) is 5.94. The number of nitrogens with one attached hydrogen (secondary N) is 1. The average molecular weight is 263 g/mol. The predicted octanol–water partition coefficient (Wildman–Crippen LogP) is 3.11. The molecule has 0 saturated carbocycles. The molecule has 106 valence electrons. The fraction of sp³-hybridized carbons (Fsp3) is 0.625. The normalized spacial score (nSPS) is 23.5. The first-order valence-electron chi connectivity index (χ1n) is 7.00. The van der Waals surface area contributed by atoms with Crippen LogP contribution in [0.25, 0.3) is 0 Å². The summed E-state index contributed by atoms with van der Waals surface area (Å²) >= 11 is 0. The van der Waals surface area contributed by atoms with Gasteiger partial charge in [-0.1, -0.05) is 23.8 Å². The number of hydrogen-bond acceptors (Lipinski definition) is 3. The Kier molecular flexibility index (Phi) is 4.29. The van der Waals surface area contributed by atoms with E-state index in [-0.39, 0.29) is 6.10 Å². The van der Waals surface area contributed by atoms with E-state index in [0.717, 1.165) is 6.54 Å². The zero-order valence-electron chi connectivity index (χ0n) is 12.6. The molecule has 1 aromatic rings. The van der Waals surface area contributed by atoms with Crippen molar-refractivity contribution in [3.8, 4) is 0 Å². The summed E-state index contributed by atoms with van der Waals surface area (Å²) < 4.78 is 11.4. The lowest BCUT2D eigenvalue weighted by Crippen LogP contribution is -2.32. The quantitative estimate of drug-likeness (QED) is 0.905. The van der Waals surface area contributed by atoms with Gasteiger partial charge in [-0.2, -0.15) is 0 Å². The molecule has 1 aliphatic rings. The molecule has 2 unspecified atom stereocenters. The van der Waals surface area contributed by atoms with Crippen LogP contribution in [0.1, 0.15) is 43.5 Å². The highest BCUT2D eigenvalue weighted by molar-refractivity contribution is 5.32. The van der Waals surface area contributed by atoms with Gasteiger partial charge in [0.15, 0.2) is 5.79 Å². The maximum Gasteiger partial charge on any atom is 0.163 e. The van der Waals surface area contributed by atoms with Crippen molar-refractivity contribution < 1.29 is 9.47 Å². The van der Waals surface area contributed by atoms with Gasteiger partial charge < -0.3 is 14.8 Å². The lowest BCUT2D eigenvalue weighted by atomic mass is 10.00. The Bertz CT molecular complexity index is 442. The fourth-order valence-corrected chi connectivity index (χ4v) is 2.51. The number of ether oxygens (including phenoxy) is 2. The van der Waals surface area contributed by atoms with E-state index in [1.165, 1.54) is 16.7 Å². The Morgan fingerprint density at radius 2 is 2.11 bits per heavy atom. The Labute approximate surface area is 116 Å². The Morgan fingerprint density at radius 1 is 1.37 bits per heavy atom. The molecule has 2 rings (SSSR count). The topological polar surface area (TPSA) is 30.5 Å². The highest BCUT2D eigenvalue weighted by atomic mass is 16.7. The summed E-state index contributed by atoms with van der Waals surface area (Å²) in [6.07, 6.45) is 0.141. The predicted molar refractivity (Wildman–Crippen MR) is 77.2 cm³/mol. The second kappa shape index (κ2) is 5.61. The van der Waals surface area contributed by atoms with Crippen molar-refractivity contribution >= 4 is 0 Å². The van der Waals surface area contributed by atoms with Crippen LogP contribution in [0.2, 0.25) is 0 Å². The van der Waals surface area contributed by atoms with Crippen molar-refractivity contribution in [2.45, 2.75) is 52.6 Å². The molecule has 1 N–H and O–H groups in total. The van der Waals surface area contributed by atoms with Gasteiger partial charge in [0.25, 0.3) is 0 Å². The first kappa shape index (κ1) is 14.5. The van der Waals surface area contributed by atoms with Crippen LogP contribution in [0, 0.1) is 13.8 Å². The minimum Gasteiger partial charge on any atom is -0.348 e. The molecule has 0 amide bonds. The summed E-state index contributed by atoms with van der Waals surface area (Å²) in [4.78, 5) is 0. The molecule has 0 radical (unpaired) electrons. The summed E-state index contributed by atoms with van der Waals surface area (Å²) in [6.45, 7) is 11.9. The van der Waals surface area contributed by atoms with Crippen LogP contribution in [0.4, 0.5) is 0 Å². The molecule has 0 aromatic heterocycles. The molecular formula is C16H25NO2. The molecule has 3 heteroatoms. The van der Waals surface area contributed by atoms with Gasteiger partial charge in [0, 0.05) is 12.6 Å². The van der Waals surface area contributed by atoms with Gasteiger partial charge in [0.2, 0.25) is 0 Å². The first-order valence-corrected chi connectivity index (χ1v) is 7.00. The second-order valence-electron chi connectivity index (χ2n) is 5.94. The van der Waals surface area contributed by atoms with Crippen molar-refractivity contribution in [1.29, 1.82) is 0 Å². The molecule has 1 heterocycles. The number of benzene rings is 1. The zero-order valence-corrected chi connectivity index (χ0v) is 12.6. The third-order valence-corrected chi connectivity index (χ3v) is 3.62. The summed E-state index contributed by atoms with van der Waals surface area (Å²) in [6, 6.07) is 6.92. The van der Waals surface area contributed by atoms with Crippen molar-refractivity contribution in [2.24, 2.45) is 0 Å². The molecule has 0 spiro atoms. The lowest BCUT2D eigenvalue weighted by Gasteiger charge is -2.21. The highest BCUT2D eigenvalue weighted by Gasteiger charge is 2.32. The maximum atomic E-state index is 5.80. The van der Waals surface area contributed by atoms with Crippen LogP contribution in [-0.4, -0.2) is 25.0 Å². The van der Waals surface area contributed by atoms with Crippen LogP contribution >= 0.6 is 0 Å². The van der Waals surface area contributed by atoms with Crippen molar-refractivity contribution in [1.82, 2.24) is 5.32 Å². The van der Waals surface area contributed by atoms with Crippen LogP contribution in [0.5, 0.6) is 0 Å². The van der Waals surface area contributed by atoms with Gasteiger partial charge in [-0.25, -0.2) is 0 Å². The monoisotopic (exact) mass is 263 g/mol. The van der Waals surface area contributed by atoms with Gasteiger partial charge >= 0.3 is 0 Å². The van der Waals surface area contributed by atoms with Gasteiger partial charge in [-0.15, -0.1) is 0 Å². The van der Waals surface area contributed by atoms with Gasteiger partial charge in [-0.05, 0) is 45.7 Å². The van der Waals surface area contributed by atoms with Crippen LogP contribution < -0.4 is 5.32 Å². The highest BCUT2D eigenvalue weighted by Crippen LogP contribution is 2.23. The molecule has 2 atom stereocenters. The Morgan fingerprint density at radius 3 is 2.74 bits per heavy atom. The van der Waals surface area contributed by atoms with E-state index in [2.05, 4.69) is 44.3 Å².